The number of benzene rings is 2. The fraction of sp³-hybridized carbons (Fsp3) is 0.167. The Kier molecular flexibility index (Phi) is 7.38. The molecule has 4 aromatic rings. The summed E-state index contributed by atoms with van der Waals surface area (Å²) in [5.74, 6) is -1.29. The highest BCUT2D eigenvalue weighted by Crippen LogP contribution is 2.28. The van der Waals surface area contributed by atoms with Crippen LogP contribution in [0.5, 0.6) is 0 Å². The number of aromatic nitrogens is 3. The first-order valence-electron chi connectivity index (χ1n) is 10.4. The number of pyridine rings is 1. The minimum absolute atomic E-state index is 0.0285. The highest BCUT2D eigenvalue weighted by molar-refractivity contribution is 7.77. The third-order valence-electron chi connectivity index (χ3n) is 5.26. The number of ketones is 1. The number of hydrogen-bond donors (Lipinski definition) is 2. The maximum absolute atomic E-state index is 14.7. The topological polar surface area (TPSA) is 105 Å². The van der Waals surface area contributed by atoms with Crippen molar-refractivity contribution in [3.05, 3.63) is 88.1 Å². The van der Waals surface area contributed by atoms with E-state index in [0.717, 1.165) is 11.3 Å². The lowest BCUT2D eigenvalue weighted by atomic mass is 9.98. The number of carbonyl (C=O) groups excluding carboxylic acids is 1. The summed E-state index contributed by atoms with van der Waals surface area (Å²) in [6.45, 7) is 2.16. The van der Waals surface area contributed by atoms with Gasteiger partial charge in [0.25, 0.3) is 0 Å². The summed E-state index contributed by atoms with van der Waals surface area (Å²) >= 11 is 4.30. The lowest BCUT2D eigenvalue weighted by Gasteiger charge is -2.11. The molecule has 0 aliphatic rings. The van der Waals surface area contributed by atoms with Gasteiger partial charge in [0.05, 0.1) is 33.5 Å². The SMILES string of the molecule is Cc1ccc(-c2cnc3ccc(C(=O)c4c(F)ccc(CCCNS(=O)O)c4Cl)cc3n2)cn1. The van der Waals surface area contributed by atoms with Crippen molar-refractivity contribution in [3.8, 4) is 11.3 Å². The predicted molar refractivity (Wildman–Crippen MR) is 129 cm³/mol. The fourth-order valence-corrected chi connectivity index (χ4v) is 4.14. The van der Waals surface area contributed by atoms with E-state index >= 15 is 0 Å². The molecule has 4 rings (SSSR count). The summed E-state index contributed by atoms with van der Waals surface area (Å²) in [5, 5.41) is 0.0285. The monoisotopic (exact) mass is 498 g/mol. The van der Waals surface area contributed by atoms with Crippen molar-refractivity contribution in [3.63, 3.8) is 0 Å². The molecule has 174 valence electrons. The molecule has 0 bridgehead atoms. The Labute approximate surface area is 202 Å². The van der Waals surface area contributed by atoms with E-state index in [2.05, 4.69) is 19.7 Å². The second-order valence-electron chi connectivity index (χ2n) is 7.62. The van der Waals surface area contributed by atoms with Crippen LogP contribution in [0.1, 0.15) is 33.6 Å². The van der Waals surface area contributed by atoms with Crippen LogP contribution in [-0.2, 0) is 17.7 Å². The molecule has 1 unspecified atom stereocenters. The van der Waals surface area contributed by atoms with Gasteiger partial charge in [-0.05, 0) is 61.7 Å². The number of nitrogens with zero attached hydrogens (tertiary/aromatic N) is 3. The number of nitrogens with one attached hydrogen (secondary N) is 1. The summed E-state index contributed by atoms with van der Waals surface area (Å²) in [5.41, 5.74) is 3.94. The minimum Gasteiger partial charge on any atom is -0.294 e. The summed E-state index contributed by atoms with van der Waals surface area (Å²) < 4.78 is 36.5. The smallest absolute Gasteiger partial charge is 0.231 e. The van der Waals surface area contributed by atoms with E-state index in [-0.39, 0.29) is 22.7 Å². The third-order valence-corrected chi connectivity index (χ3v) is 6.14. The lowest BCUT2D eigenvalue weighted by molar-refractivity contribution is 0.103. The van der Waals surface area contributed by atoms with Gasteiger partial charge >= 0.3 is 0 Å². The van der Waals surface area contributed by atoms with Gasteiger partial charge in [0.1, 0.15) is 5.82 Å². The van der Waals surface area contributed by atoms with Crippen LogP contribution in [0.3, 0.4) is 0 Å². The molecular weight excluding hydrogens is 479 g/mol. The van der Waals surface area contributed by atoms with Gasteiger partial charge in [-0.15, -0.1) is 0 Å². The average Bonchev–Trinajstić information content (AvgIpc) is 2.82. The van der Waals surface area contributed by atoms with Crippen molar-refractivity contribution in [1.29, 1.82) is 0 Å². The molecule has 0 saturated carbocycles. The lowest BCUT2D eigenvalue weighted by Crippen LogP contribution is -2.18. The molecule has 0 radical (unpaired) electrons. The van der Waals surface area contributed by atoms with Crippen LogP contribution in [0, 0.1) is 12.7 Å². The first-order valence-corrected chi connectivity index (χ1v) is 11.9. The van der Waals surface area contributed by atoms with Gasteiger partial charge in [-0.3, -0.25) is 19.3 Å². The summed E-state index contributed by atoms with van der Waals surface area (Å²) in [4.78, 5) is 26.5. The van der Waals surface area contributed by atoms with Crippen molar-refractivity contribution in [2.24, 2.45) is 0 Å². The molecule has 0 saturated heterocycles. The third kappa shape index (κ3) is 5.34. The van der Waals surface area contributed by atoms with E-state index in [9.17, 15) is 13.4 Å². The number of aryl methyl sites for hydroxylation is 2. The number of carbonyl (C=O) groups is 1. The quantitative estimate of drug-likeness (QED) is 0.207. The molecule has 2 aromatic heterocycles. The number of hydrogen-bond acceptors (Lipinski definition) is 5. The van der Waals surface area contributed by atoms with E-state index in [4.69, 9.17) is 16.2 Å². The molecule has 2 heterocycles. The Bertz CT molecular complexity index is 1400. The molecule has 0 spiro atoms. The first kappa shape index (κ1) is 24.0. The van der Waals surface area contributed by atoms with Crippen LogP contribution < -0.4 is 4.72 Å². The highest BCUT2D eigenvalue weighted by atomic mass is 35.5. The second-order valence-corrected chi connectivity index (χ2v) is 8.78. The molecule has 2 aromatic carbocycles. The van der Waals surface area contributed by atoms with Gasteiger partial charge in [-0.2, -0.15) is 0 Å². The molecule has 2 N–H and O–H groups in total. The van der Waals surface area contributed by atoms with Crippen molar-refractivity contribution in [2.45, 2.75) is 19.8 Å². The van der Waals surface area contributed by atoms with Crippen molar-refractivity contribution < 1.29 is 17.9 Å². The fourth-order valence-electron chi connectivity index (χ4n) is 3.49. The average molecular weight is 499 g/mol. The summed E-state index contributed by atoms with van der Waals surface area (Å²) in [6.07, 6.45) is 4.22. The van der Waals surface area contributed by atoms with Gasteiger partial charge in [-0.25, -0.2) is 18.3 Å². The van der Waals surface area contributed by atoms with Crippen molar-refractivity contribution >= 4 is 39.7 Å². The van der Waals surface area contributed by atoms with Gasteiger partial charge in [-0.1, -0.05) is 17.7 Å². The number of rotatable bonds is 8. The van der Waals surface area contributed by atoms with Crippen molar-refractivity contribution in [1.82, 2.24) is 19.7 Å². The van der Waals surface area contributed by atoms with Gasteiger partial charge in [0, 0.05) is 29.6 Å². The van der Waals surface area contributed by atoms with Crippen molar-refractivity contribution in [2.75, 3.05) is 6.54 Å². The van der Waals surface area contributed by atoms with E-state index in [1.165, 1.54) is 12.1 Å². The van der Waals surface area contributed by atoms with E-state index in [1.54, 1.807) is 30.6 Å². The van der Waals surface area contributed by atoms with Gasteiger partial charge in [0.2, 0.25) is 11.3 Å². The summed E-state index contributed by atoms with van der Waals surface area (Å²) in [6, 6.07) is 11.3. The number of halogens is 2. The largest absolute Gasteiger partial charge is 0.294 e. The summed E-state index contributed by atoms with van der Waals surface area (Å²) in [7, 11) is 0. The zero-order valence-electron chi connectivity index (χ0n) is 18.1. The van der Waals surface area contributed by atoms with Gasteiger partial charge in [0.15, 0.2) is 5.78 Å². The standard InChI is InChI=1S/C24H20ClFN4O3S/c1-14-4-5-17(12-27-14)21-13-28-19-9-7-16(11-20(19)30-21)24(31)22-18(26)8-6-15(23(22)25)3-2-10-29-34(32)33/h4-9,11-13,29H,2-3,10H2,1H3,(H,32,33). The second kappa shape index (κ2) is 10.4. The minimum atomic E-state index is -2.11. The molecule has 0 fully saturated rings. The maximum atomic E-state index is 14.7. The Balaban J connectivity index is 1.64. The number of fused-ring (bicyclic) bond motifs is 1. The van der Waals surface area contributed by atoms with Crippen LogP contribution in [0.2, 0.25) is 5.02 Å². The molecule has 34 heavy (non-hydrogen) atoms. The van der Waals surface area contributed by atoms with Gasteiger partial charge < -0.3 is 0 Å². The van der Waals surface area contributed by atoms with Crippen LogP contribution in [0.25, 0.3) is 22.3 Å². The molecule has 10 heteroatoms. The molecule has 7 nitrogen and oxygen atoms in total. The van der Waals surface area contributed by atoms with Crippen LogP contribution in [0.4, 0.5) is 4.39 Å². The van der Waals surface area contributed by atoms with E-state index in [0.29, 0.717) is 35.1 Å². The van der Waals surface area contributed by atoms with E-state index in [1.807, 2.05) is 19.1 Å². The van der Waals surface area contributed by atoms with Crippen LogP contribution in [-0.4, -0.2) is 36.0 Å². The highest BCUT2D eigenvalue weighted by Gasteiger charge is 2.21. The van der Waals surface area contributed by atoms with E-state index < -0.39 is 22.9 Å². The molecule has 0 aliphatic carbocycles. The first-order chi connectivity index (χ1) is 16.3. The zero-order chi connectivity index (χ0) is 24.2. The zero-order valence-corrected chi connectivity index (χ0v) is 19.7. The Morgan fingerprint density at radius 2 is 1.94 bits per heavy atom. The Morgan fingerprint density at radius 1 is 1.12 bits per heavy atom. The molecule has 1 atom stereocenters. The molecular formula is C24H20ClFN4O3S. The predicted octanol–water partition coefficient (Wildman–Crippen LogP) is 4.68. The Hall–Kier alpha value is -3.11. The van der Waals surface area contributed by atoms with Crippen LogP contribution >= 0.6 is 11.6 Å². The Morgan fingerprint density at radius 3 is 2.68 bits per heavy atom. The molecule has 0 aliphatic heterocycles. The molecule has 0 amide bonds. The normalized spacial score (nSPS) is 12.1. The maximum Gasteiger partial charge on any atom is 0.231 e. The van der Waals surface area contributed by atoms with Crippen LogP contribution in [0.15, 0.2) is 54.9 Å².